The maximum absolute atomic E-state index is 13.2. The number of rotatable bonds is 7. The van der Waals surface area contributed by atoms with E-state index in [0.717, 1.165) is 65.1 Å². The maximum Gasteiger partial charge on any atom is 0.224 e. The number of nitrogens with one attached hydrogen (secondary N) is 3. The van der Waals surface area contributed by atoms with Crippen molar-refractivity contribution < 1.29 is 9.59 Å². The SMILES string of the molecule is CC1=C[C@@H](CNC(=O)C2CCCNC2)[C@H](C(C)C)C[C@H]1CC(=O)N1CCN(C2CCCCN2)CC1. The lowest BCUT2D eigenvalue weighted by atomic mass is 9.69. The molecule has 2 amide bonds. The molecule has 0 spiro atoms. The number of nitrogens with zero attached hydrogens (tertiary/aromatic N) is 2. The van der Waals surface area contributed by atoms with Crippen LogP contribution in [-0.2, 0) is 9.59 Å². The average Bonchev–Trinajstić information content (AvgIpc) is 2.89. The van der Waals surface area contributed by atoms with Crippen molar-refractivity contribution in [2.75, 3.05) is 52.4 Å². The van der Waals surface area contributed by atoms with E-state index in [1.807, 2.05) is 0 Å². The summed E-state index contributed by atoms with van der Waals surface area (Å²) in [6.45, 7) is 14.1. The Kier molecular flexibility index (Phi) is 9.65. The molecule has 0 aromatic rings. The molecule has 35 heavy (non-hydrogen) atoms. The quantitative estimate of drug-likeness (QED) is 0.481. The number of carbonyl (C=O) groups is 2. The lowest BCUT2D eigenvalue weighted by Crippen LogP contribution is -2.57. The Bertz CT molecular complexity index is 734. The van der Waals surface area contributed by atoms with Crippen LogP contribution in [0.1, 0.15) is 65.7 Å². The van der Waals surface area contributed by atoms with Crippen LogP contribution >= 0.6 is 0 Å². The predicted molar refractivity (Wildman–Crippen MR) is 141 cm³/mol. The van der Waals surface area contributed by atoms with Gasteiger partial charge in [-0.3, -0.25) is 14.5 Å². The average molecular weight is 488 g/mol. The molecule has 1 aliphatic carbocycles. The monoisotopic (exact) mass is 487 g/mol. The highest BCUT2D eigenvalue weighted by molar-refractivity contribution is 5.79. The summed E-state index contributed by atoms with van der Waals surface area (Å²) in [6, 6.07) is 0. The van der Waals surface area contributed by atoms with Crippen LogP contribution in [0, 0.1) is 29.6 Å². The van der Waals surface area contributed by atoms with Crippen molar-refractivity contribution in [2.45, 2.75) is 71.9 Å². The molecule has 3 N–H and O–H groups in total. The van der Waals surface area contributed by atoms with E-state index < -0.39 is 0 Å². The van der Waals surface area contributed by atoms with Gasteiger partial charge in [-0.05, 0) is 82.2 Å². The summed E-state index contributed by atoms with van der Waals surface area (Å²) < 4.78 is 0. The Labute approximate surface area is 212 Å². The van der Waals surface area contributed by atoms with Gasteiger partial charge >= 0.3 is 0 Å². The Morgan fingerprint density at radius 2 is 1.89 bits per heavy atom. The molecule has 7 heteroatoms. The second-order valence-corrected chi connectivity index (χ2v) is 11.8. The fraction of sp³-hybridized carbons (Fsp3) is 0.857. The summed E-state index contributed by atoms with van der Waals surface area (Å²) in [5, 5.41) is 10.2. The fourth-order valence-corrected chi connectivity index (χ4v) is 6.71. The number of allylic oxidation sites excluding steroid dienone is 1. The molecule has 0 bridgehead atoms. The van der Waals surface area contributed by atoms with Crippen LogP contribution in [0.2, 0.25) is 0 Å². The molecule has 198 valence electrons. The Morgan fingerprint density at radius 3 is 2.54 bits per heavy atom. The fourth-order valence-electron chi connectivity index (χ4n) is 6.71. The largest absolute Gasteiger partial charge is 0.355 e. The van der Waals surface area contributed by atoms with E-state index in [4.69, 9.17) is 0 Å². The minimum Gasteiger partial charge on any atom is -0.355 e. The summed E-state index contributed by atoms with van der Waals surface area (Å²) in [4.78, 5) is 30.6. The molecule has 3 fully saturated rings. The third-order valence-corrected chi connectivity index (χ3v) is 9.08. The molecule has 0 aromatic carbocycles. The van der Waals surface area contributed by atoms with Gasteiger partial charge < -0.3 is 20.9 Å². The van der Waals surface area contributed by atoms with Crippen molar-refractivity contribution >= 4 is 11.8 Å². The second-order valence-electron chi connectivity index (χ2n) is 11.8. The first-order valence-corrected chi connectivity index (χ1v) is 14.3. The zero-order valence-electron chi connectivity index (χ0n) is 22.4. The first kappa shape index (κ1) is 26.6. The Balaban J connectivity index is 1.28. The predicted octanol–water partition coefficient (Wildman–Crippen LogP) is 2.59. The summed E-state index contributed by atoms with van der Waals surface area (Å²) >= 11 is 0. The smallest absolute Gasteiger partial charge is 0.224 e. The van der Waals surface area contributed by atoms with E-state index in [2.05, 4.69) is 52.6 Å². The summed E-state index contributed by atoms with van der Waals surface area (Å²) in [6.07, 6.45) is 10.4. The highest BCUT2D eigenvalue weighted by Crippen LogP contribution is 2.39. The highest BCUT2D eigenvalue weighted by atomic mass is 16.2. The van der Waals surface area contributed by atoms with E-state index in [1.165, 1.54) is 24.8 Å². The Hall–Kier alpha value is -1.44. The lowest BCUT2D eigenvalue weighted by Gasteiger charge is -2.42. The molecule has 3 saturated heterocycles. The van der Waals surface area contributed by atoms with Crippen LogP contribution in [0.4, 0.5) is 0 Å². The van der Waals surface area contributed by atoms with Crippen LogP contribution in [0.15, 0.2) is 11.6 Å². The molecule has 0 saturated carbocycles. The summed E-state index contributed by atoms with van der Waals surface area (Å²) in [7, 11) is 0. The molecule has 5 atom stereocenters. The zero-order chi connectivity index (χ0) is 24.8. The van der Waals surface area contributed by atoms with Crippen molar-refractivity contribution in [2.24, 2.45) is 29.6 Å². The van der Waals surface area contributed by atoms with E-state index in [1.54, 1.807) is 0 Å². The first-order valence-electron chi connectivity index (χ1n) is 14.3. The van der Waals surface area contributed by atoms with E-state index in [0.29, 0.717) is 48.7 Å². The maximum atomic E-state index is 13.2. The van der Waals surface area contributed by atoms with Gasteiger partial charge in [0.25, 0.3) is 0 Å². The number of piperidine rings is 2. The van der Waals surface area contributed by atoms with Gasteiger partial charge in [0.2, 0.25) is 11.8 Å². The van der Waals surface area contributed by atoms with Gasteiger partial charge in [0.05, 0.1) is 12.1 Å². The van der Waals surface area contributed by atoms with Crippen LogP contribution in [-0.4, -0.2) is 80.1 Å². The molecule has 0 radical (unpaired) electrons. The third kappa shape index (κ3) is 7.07. The molecule has 2 unspecified atom stereocenters. The molecule has 0 aromatic heterocycles. The molecule has 4 aliphatic rings. The van der Waals surface area contributed by atoms with Gasteiger partial charge in [0, 0.05) is 45.7 Å². The number of hydrogen-bond acceptors (Lipinski definition) is 5. The van der Waals surface area contributed by atoms with Crippen molar-refractivity contribution in [3.63, 3.8) is 0 Å². The molecule has 4 rings (SSSR count). The van der Waals surface area contributed by atoms with E-state index in [-0.39, 0.29) is 11.8 Å². The molecular formula is C28H49N5O2. The van der Waals surface area contributed by atoms with Crippen LogP contribution in [0.3, 0.4) is 0 Å². The topological polar surface area (TPSA) is 76.7 Å². The third-order valence-electron chi connectivity index (χ3n) is 9.08. The van der Waals surface area contributed by atoms with Gasteiger partial charge in [-0.25, -0.2) is 0 Å². The van der Waals surface area contributed by atoms with Gasteiger partial charge in [0.1, 0.15) is 0 Å². The second kappa shape index (κ2) is 12.7. The lowest BCUT2D eigenvalue weighted by molar-refractivity contribution is -0.134. The van der Waals surface area contributed by atoms with E-state index in [9.17, 15) is 9.59 Å². The highest BCUT2D eigenvalue weighted by Gasteiger charge is 2.35. The summed E-state index contributed by atoms with van der Waals surface area (Å²) in [5.74, 6) is 2.33. The van der Waals surface area contributed by atoms with Crippen LogP contribution in [0.25, 0.3) is 0 Å². The zero-order valence-corrected chi connectivity index (χ0v) is 22.4. The first-order chi connectivity index (χ1) is 16.9. The minimum atomic E-state index is 0.106. The molecule has 7 nitrogen and oxygen atoms in total. The minimum absolute atomic E-state index is 0.106. The van der Waals surface area contributed by atoms with Crippen LogP contribution in [0.5, 0.6) is 0 Å². The number of amides is 2. The van der Waals surface area contributed by atoms with Crippen molar-refractivity contribution in [1.29, 1.82) is 0 Å². The van der Waals surface area contributed by atoms with Crippen molar-refractivity contribution in [3.05, 3.63) is 11.6 Å². The normalized spacial score (nSPS) is 32.9. The van der Waals surface area contributed by atoms with Crippen LogP contribution < -0.4 is 16.0 Å². The summed E-state index contributed by atoms with van der Waals surface area (Å²) in [5.41, 5.74) is 1.33. The van der Waals surface area contributed by atoms with Gasteiger partial charge in [0.15, 0.2) is 0 Å². The number of carbonyl (C=O) groups excluding carboxylic acids is 2. The van der Waals surface area contributed by atoms with Gasteiger partial charge in [-0.15, -0.1) is 0 Å². The molecule has 3 heterocycles. The Morgan fingerprint density at radius 1 is 1.09 bits per heavy atom. The molecular weight excluding hydrogens is 438 g/mol. The van der Waals surface area contributed by atoms with Crippen molar-refractivity contribution in [1.82, 2.24) is 25.8 Å². The van der Waals surface area contributed by atoms with Crippen molar-refractivity contribution in [3.8, 4) is 0 Å². The van der Waals surface area contributed by atoms with E-state index >= 15 is 0 Å². The van der Waals surface area contributed by atoms with Gasteiger partial charge in [-0.1, -0.05) is 25.5 Å². The van der Waals surface area contributed by atoms with Gasteiger partial charge in [-0.2, -0.15) is 0 Å². The standard InChI is InChI=1S/C28H49N5O2/c1-20(2)25-16-23(21(3)15-24(25)19-31-28(35)22-7-6-9-29-18-22)17-27(34)33-13-11-32(12-14-33)26-8-4-5-10-30-26/h15,20,22-26,29-30H,4-14,16-19H2,1-3H3,(H,31,35)/t22?,23-,24-,25-,26?/m0/s1. The molecule has 3 aliphatic heterocycles. The number of hydrogen-bond donors (Lipinski definition) is 3. The number of piperazine rings is 1.